The van der Waals surface area contributed by atoms with Crippen molar-refractivity contribution in [1.29, 1.82) is 0 Å². The maximum Gasteiger partial charge on any atom is 0.241 e. The quantitative estimate of drug-likeness (QED) is 0.822. The number of nitrogens with zero attached hydrogens (tertiary/aromatic N) is 1. The van der Waals surface area contributed by atoms with Crippen LogP contribution in [0.15, 0.2) is 24.3 Å². The number of amides is 1. The number of hydrogen-bond acceptors (Lipinski definition) is 2. The monoisotopic (exact) mass is 268 g/mol. The van der Waals surface area contributed by atoms with Crippen LogP contribution in [0.5, 0.6) is 0 Å². The molecule has 0 saturated heterocycles. The van der Waals surface area contributed by atoms with Gasteiger partial charge in [-0.15, -0.1) is 0 Å². The minimum Gasteiger partial charge on any atom is -0.375 e. The third-order valence-corrected chi connectivity index (χ3v) is 2.97. The van der Waals surface area contributed by atoms with E-state index in [1.54, 1.807) is 0 Å². The first kappa shape index (κ1) is 14.8. The van der Waals surface area contributed by atoms with E-state index in [9.17, 15) is 4.79 Å². The average Bonchev–Trinajstić information content (AvgIpc) is 2.37. The van der Waals surface area contributed by atoms with Crippen molar-refractivity contribution in [2.24, 2.45) is 0 Å². The highest BCUT2D eigenvalue weighted by atomic mass is 35.5. The molecule has 1 aromatic rings. The molecule has 1 N–H and O–H groups in total. The first-order chi connectivity index (χ1) is 8.69. The number of halogens is 1. The van der Waals surface area contributed by atoms with Crippen molar-refractivity contribution in [2.75, 3.05) is 25.0 Å². The van der Waals surface area contributed by atoms with Crippen molar-refractivity contribution >= 4 is 23.2 Å². The molecule has 0 saturated carbocycles. The van der Waals surface area contributed by atoms with E-state index in [0.717, 1.165) is 31.6 Å². The summed E-state index contributed by atoms with van der Waals surface area (Å²) >= 11 is 6.02. The van der Waals surface area contributed by atoms with E-state index in [0.29, 0.717) is 11.6 Å². The topological polar surface area (TPSA) is 32.3 Å². The standard InChI is InChI=1S/C14H21ClN2O/c1-3-9-17(10-4-2)14(18)11-16-13-8-6-5-7-12(13)15/h5-8,16H,3-4,9-11H2,1-2H3. The van der Waals surface area contributed by atoms with Crippen molar-refractivity contribution in [3.63, 3.8) is 0 Å². The van der Waals surface area contributed by atoms with Gasteiger partial charge in [0, 0.05) is 13.1 Å². The van der Waals surface area contributed by atoms with Crippen LogP contribution in [-0.2, 0) is 4.79 Å². The van der Waals surface area contributed by atoms with Crippen molar-refractivity contribution in [2.45, 2.75) is 26.7 Å². The Morgan fingerprint density at radius 3 is 2.39 bits per heavy atom. The maximum atomic E-state index is 12.0. The van der Waals surface area contributed by atoms with Crippen LogP contribution < -0.4 is 5.32 Å². The summed E-state index contributed by atoms with van der Waals surface area (Å²) in [7, 11) is 0. The minimum atomic E-state index is 0.124. The summed E-state index contributed by atoms with van der Waals surface area (Å²) in [4.78, 5) is 13.9. The van der Waals surface area contributed by atoms with Crippen molar-refractivity contribution in [3.05, 3.63) is 29.3 Å². The van der Waals surface area contributed by atoms with Gasteiger partial charge < -0.3 is 10.2 Å². The van der Waals surface area contributed by atoms with Crippen molar-refractivity contribution in [3.8, 4) is 0 Å². The van der Waals surface area contributed by atoms with Crippen LogP contribution in [0.25, 0.3) is 0 Å². The normalized spacial score (nSPS) is 10.2. The van der Waals surface area contributed by atoms with Crippen LogP contribution in [0.1, 0.15) is 26.7 Å². The molecule has 0 aliphatic carbocycles. The summed E-state index contributed by atoms with van der Waals surface area (Å²) in [6.07, 6.45) is 1.97. The second-order valence-corrected chi connectivity index (χ2v) is 4.62. The van der Waals surface area contributed by atoms with E-state index in [-0.39, 0.29) is 5.91 Å². The Balaban J connectivity index is 2.51. The van der Waals surface area contributed by atoms with Gasteiger partial charge in [-0.3, -0.25) is 4.79 Å². The number of hydrogen-bond donors (Lipinski definition) is 1. The molecule has 0 fully saturated rings. The Labute approximate surface area is 114 Å². The van der Waals surface area contributed by atoms with Crippen molar-refractivity contribution in [1.82, 2.24) is 4.90 Å². The maximum absolute atomic E-state index is 12.0. The van der Waals surface area contributed by atoms with E-state index >= 15 is 0 Å². The Morgan fingerprint density at radius 1 is 1.22 bits per heavy atom. The molecule has 0 atom stereocenters. The highest BCUT2D eigenvalue weighted by Gasteiger charge is 2.11. The number of benzene rings is 1. The number of nitrogens with one attached hydrogen (secondary N) is 1. The van der Waals surface area contributed by atoms with E-state index in [4.69, 9.17) is 11.6 Å². The molecule has 0 heterocycles. The number of carbonyl (C=O) groups is 1. The zero-order valence-corrected chi connectivity index (χ0v) is 11.8. The first-order valence-electron chi connectivity index (χ1n) is 6.45. The average molecular weight is 269 g/mol. The Morgan fingerprint density at radius 2 is 1.83 bits per heavy atom. The zero-order chi connectivity index (χ0) is 13.4. The van der Waals surface area contributed by atoms with E-state index in [1.165, 1.54) is 0 Å². The van der Waals surface area contributed by atoms with Crippen LogP contribution in [0.4, 0.5) is 5.69 Å². The van der Waals surface area contributed by atoms with Crippen LogP contribution in [-0.4, -0.2) is 30.4 Å². The highest BCUT2D eigenvalue weighted by Crippen LogP contribution is 2.19. The van der Waals surface area contributed by atoms with Crippen LogP contribution >= 0.6 is 11.6 Å². The lowest BCUT2D eigenvalue weighted by Crippen LogP contribution is -2.36. The molecule has 3 nitrogen and oxygen atoms in total. The largest absolute Gasteiger partial charge is 0.375 e. The fourth-order valence-corrected chi connectivity index (χ4v) is 1.99. The van der Waals surface area contributed by atoms with Gasteiger partial charge in [0.1, 0.15) is 0 Å². The lowest BCUT2D eigenvalue weighted by atomic mass is 10.3. The third-order valence-electron chi connectivity index (χ3n) is 2.64. The SMILES string of the molecule is CCCN(CCC)C(=O)CNc1ccccc1Cl. The van der Waals surface area contributed by atoms with Gasteiger partial charge in [0.05, 0.1) is 17.3 Å². The third kappa shape index (κ3) is 4.57. The van der Waals surface area contributed by atoms with Gasteiger partial charge in [-0.05, 0) is 25.0 Å². The summed E-state index contributed by atoms with van der Waals surface area (Å²) in [5, 5.41) is 3.73. The summed E-state index contributed by atoms with van der Waals surface area (Å²) in [5.41, 5.74) is 0.806. The number of anilines is 1. The second kappa shape index (κ2) is 7.98. The second-order valence-electron chi connectivity index (χ2n) is 4.21. The molecule has 0 bridgehead atoms. The predicted molar refractivity (Wildman–Crippen MR) is 77.1 cm³/mol. The Kier molecular flexibility index (Phi) is 6.58. The molecule has 1 rings (SSSR count). The first-order valence-corrected chi connectivity index (χ1v) is 6.83. The molecule has 1 aromatic carbocycles. The molecule has 1 amide bonds. The van der Waals surface area contributed by atoms with Gasteiger partial charge in [-0.1, -0.05) is 37.6 Å². The zero-order valence-electron chi connectivity index (χ0n) is 11.1. The molecule has 0 unspecified atom stereocenters. The van der Waals surface area contributed by atoms with Crippen LogP contribution in [0.2, 0.25) is 5.02 Å². The van der Waals surface area contributed by atoms with E-state index in [2.05, 4.69) is 19.2 Å². The molecule has 0 aliphatic heterocycles. The molecule has 0 aliphatic rings. The smallest absolute Gasteiger partial charge is 0.241 e. The lowest BCUT2D eigenvalue weighted by Gasteiger charge is -2.22. The van der Waals surface area contributed by atoms with E-state index < -0.39 is 0 Å². The summed E-state index contributed by atoms with van der Waals surface area (Å²) in [5.74, 6) is 0.124. The molecular formula is C14H21ClN2O. The molecule has 0 spiro atoms. The fourth-order valence-electron chi connectivity index (χ4n) is 1.79. The van der Waals surface area contributed by atoms with Gasteiger partial charge in [0.25, 0.3) is 0 Å². The van der Waals surface area contributed by atoms with Gasteiger partial charge in [0.2, 0.25) is 5.91 Å². The molecule has 0 radical (unpaired) electrons. The predicted octanol–water partition coefficient (Wildman–Crippen LogP) is 3.40. The highest BCUT2D eigenvalue weighted by molar-refractivity contribution is 6.33. The van der Waals surface area contributed by atoms with Gasteiger partial charge >= 0.3 is 0 Å². The van der Waals surface area contributed by atoms with Crippen molar-refractivity contribution < 1.29 is 4.79 Å². The molecular weight excluding hydrogens is 248 g/mol. The molecule has 4 heteroatoms. The molecule has 18 heavy (non-hydrogen) atoms. The van der Waals surface area contributed by atoms with Gasteiger partial charge in [0.15, 0.2) is 0 Å². The number of para-hydroxylation sites is 1. The lowest BCUT2D eigenvalue weighted by molar-refractivity contribution is -0.129. The fraction of sp³-hybridized carbons (Fsp3) is 0.500. The number of carbonyl (C=O) groups excluding carboxylic acids is 1. The van der Waals surface area contributed by atoms with E-state index in [1.807, 2.05) is 29.2 Å². The summed E-state index contributed by atoms with van der Waals surface area (Å²) < 4.78 is 0. The Hall–Kier alpha value is -1.22. The molecule has 0 aromatic heterocycles. The van der Waals surface area contributed by atoms with Gasteiger partial charge in [-0.25, -0.2) is 0 Å². The Bertz CT molecular complexity index is 376. The van der Waals surface area contributed by atoms with Crippen LogP contribution in [0.3, 0.4) is 0 Å². The molecule has 100 valence electrons. The minimum absolute atomic E-state index is 0.124. The van der Waals surface area contributed by atoms with Crippen LogP contribution in [0, 0.1) is 0 Å². The summed E-state index contributed by atoms with van der Waals surface area (Å²) in [6.45, 7) is 6.09. The number of rotatable bonds is 7. The van der Waals surface area contributed by atoms with Gasteiger partial charge in [-0.2, -0.15) is 0 Å². The summed E-state index contributed by atoms with van der Waals surface area (Å²) in [6, 6.07) is 7.45.